The van der Waals surface area contributed by atoms with E-state index in [0.29, 0.717) is 15.5 Å². The van der Waals surface area contributed by atoms with Crippen molar-refractivity contribution in [1.82, 2.24) is 0 Å². The van der Waals surface area contributed by atoms with Gasteiger partial charge in [-0.3, -0.25) is 10.1 Å². The van der Waals surface area contributed by atoms with Crippen LogP contribution in [0.1, 0.15) is 5.76 Å². The zero-order valence-electron chi connectivity index (χ0n) is 8.93. The van der Waals surface area contributed by atoms with E-state index < -0.39 is 4.92 Å². The molecule has 7 heteroatoms. The molecule has 0 saturated heterocycles. The van der Waals surface area contributed by atoms with Crippen molar-refractivity contribution in [3.8, 4) is 5.75 Å². The van der Waals surface area contributed by atoms with Crippen LogP contribution in [0.3, 0.4) is 0 Å². The lowest BCUT2D eigenvalue weighted by Crippen LogP contribution is -1.96. The highest BCUT2D eigenvalue weighted by Gasteiger charge is 2.11. The van der Waals surface area contributed by atoms with E-state index in [9.17, 15) is 10.1 Å². The Hall–Kier alpha value is -1.53. The molecule has 0 aliphatic carbocycles. The highest BCUT2D eigenvalue weighted by Crippen LogP contribution is 2.29. The maximum absolute atomic E-state index is 10.6. The Balaban J connectivity index is 2.13. The van der Waals surface area contributed by atoms with Gasteiger partial charge in [0, 0.05) is 6.07 Å². The number of non-ortho nitro benzene ring substituents is 1. The summed E-state index contributed by atoms with van der Waals surface area (Å²) in [6, 6.07) is 7.48. The van der Waals surface area contributed by atoms with E-state index in [2.05, 4.69) is 15.9 Å². The number of nitro groups is 1. The number of hydrogen-bond acceptors (Lipinski definition) is 4. The van der Waals surface area contributed by atoms with Crippen molar-refractivity contribution in [2.75, 3.05) is 0 Å². The topological polar surface area (TPSA) is 65.5 Å². The molecule has 1 aromatic heterocycles. The summed E-state index contributed by atoms with van der Waals surface area (Å²) in [7, 11) is 0. The molecule has 2 rings (SSSR count). The van der Waals surface area contributed by atoms with Crippen LogP contribution in [0.4, 0.5) is 5.69 Å². The molecule has 0 bridgehead atoms. The number of nitrogens with zero attached hydrogens (tertiary/aromatic N) is 1. The molecule has 0 unspecified atom stereocenters. The van der Waals surface area contributed by atoms with Crippen molar-refractivity contribution in [3.05, 3.63) is 55.9 Å². The molecule has 18 heavy (non-hydrogen) atoms. The smallest absolute Gasteiger partial charge is 0.273 e. The summed E-state index contributed by atoms with van der Waals surface area (Å²) in [5, 5.41) is 10.9. The minimum absolute atomic E-state index is 0.0741. The predicted molar refractivity (Wildman–Crippen MR) is 68.8 cm³/mol. The summed E-state index contributed by atoms with van der Waals surface area (Å²) in [4.78, 5) is 10.1. The molecule has 0 atom stereocenters. The number of benzene rings is 1. The number of nitro benzene ring substituents is 1. The van der Waals surface area contributed by atoms with Crippen LogP contribution in [0, 0.1) is 10.1 Å². The summed E-state index contributed by atoms with van der Waals surface area (Å²) in [6.07, 6.45) is 0. The summed E-state index contributed by atoms with van der Waals surface area (Å²) in [5.74, 6) is 0.836. The lowest BCUT2D eigenvalue weighted by Gasteiger charge is -2.05. The Morgan fingerprint density at radius 2 is 2.17 bits per heavy atom. The number of furan rings is 1. The fraction of sp³-hybridized carbons (Fsp3) is 0.0909. The van der Waals surface area contributed by atoms with Crippen LogP contribution < -0.4 is 4.74 Å². The number of hydrogen-bond donors (Lipinski definition) is 0. The van der Waals surface area contributed by atoms with Crippen molar-refractivity contribution < 1.29 is 14.1 Å². The monoisotopic (exact) mass is 331 g/mol. The van der Waals surface area contributed by atoms with E-state index in [0.717, 1.165) is 0 Å². The van der Waals surface area contributed by atoms with Crippen LogP contribution in [0.5, 0.6) is 5.75 Å². The molecule has 5 nitrogen and oxygen atoms in total. The van der Waals surface area contributed by atoms with Crippen LogP contribution in [0.15, 0.2) is 39.4 Å². The van der Waals surface area contributed by atoms with Gasteiger partial charge in [-0.05, 0) is 34.1 Å². The first-order chi connectivity index (χ1) is 8.56. The van der Waals surface area contributed by atoms with E-state index in [1.807, 2.05) is 0 Å². The fourth-order valence-electron chi connectivity index (χ4n) is 1.29. The quantitative estimate of drug-likeness (QED) is 0.622. The molecule has 94 valence electrons. The minimum Gasteiger partial charge on any atom is -0.484 e. The number of halogens is 2. The van der Waals surface area contributed by atoms with Crippen molar-refractivity contribution in [2.45, 2.75) is 6.61 Å². The Bertz CT molecular complexity index is 584. The molecule has 0 fully saturated rings. The Morgan fingerprint density at radius 1 is 1.39 bits per heavy atom. The SMILES string of the molecule is O=[N+]([O-])c1ccc(Cl)c(OCc2ccc(Br)o2)c1. The Labute approximate surface area is 116 Å². The van der Waals surface area contributed by atoms with Gasteiger partial charge in [-0.1, -0.05) is 11.6 Å². The molecule has 0 saturated carbocycles. The fourth-order valence-corrected chi connectivity index (χ4v) is 1.81. The minimum atomic E-state index is -0.507. The lowest BCUT2D eigenvalue weighted by atomic mass is 10.3. The van der Waals surface area contributed by atoms with E-state index in [4.69, 9.17) is 20.8 Å². The molecule has 1 aromatic carbocycles. The van der Waals surface area contributed by atoms with Gasteiger partial charge >= 0.3 is 0 Å². The van der Waals surface area contributed by atoms with Gasteiger partial charge in [0.25, 0.3) is 5.69 Å². The second kappa shape index (κ2) is 5.41. The maximum atomic E-state index is 10.6. The number of ether oxygens (including phenoxy) is 1. The highest BCUT2D eigenvalue weighted by atomic mass is 79.9. The van der Waals surface area contributed by atoms with Gasteiger partial charge in [0.2, 0.25) is 0 Å². The average molecular weight is 333 g/mol. The summed E-state index contributed by atoms with van der Waals surface area (Å²) < 4.78 is 11.2. The zero-order chi connectivity index (χ0) is 13.1. The van der Waals surface area contributed by atoms with Gasteiger partial charge in [-0.25, -0.2) is 0 Å². The largest absolute Gasteiger partial charge is 0.484 e. The zero-order valence-corrected chi connectivity index (χ0v) is 11.3. The third-order valence-corrected chi connectivity index (χ3v) is 2.86. The molecule has 0 spiro atoms. The third kappa shape index (κ3) is 3.02. The van der Waals surface area contributed by atoms with Gasteiger partial charge in [0.05, 0.1) is 16.0 Å². The first-order valence-electron chi connectivity index (χ1n) is 4.87. The normalized spacial score (nSPS) is 10.3. The van der Waals surface area contributed by atoms with Gasteiger partial charge in [-0.2, -0.15) is 0 Å². The predicted octanol–water partition coefficient (Wildman–Crippen LogP) is 4.18. The maximum Gasteiger partial charge on any atom is 0.273 e. The lowest BCUT2D eigenvalue weighted by molar-refractivity contribution is -0.384. The van der Waals surface area contributed by atoms with E-state index in [1.165, 1.54) is 18.2 Å². The third-order valence-electron chi connectivity index (χ3n) is 2.12. The summed E-state index contributed by atoms with van der Waals surface area (Å²) >= 11 is 9.05. The molecular weight excluding hydrogens is 325 g/mol. The molecule has 0 radical (unpaired) electrons. The van der Waals surface area contributed by atoms with Crippen LogP contribution in [0.25, 0.3) is 0 Å². The molecule has 0 amide bonds. The second-order valence-electron chi connectivity index (χ2n) is 3.37. The summed E-state index contributed by atoms with van der Waals surface area (Å²) in [6.45, 7) is 0.145. The standard InChI is InChI=1S/C11H7BrClNO4/c12-11-4-2-8(18-11)6-17-10-5-7(14(15)16)1-3-9(10)13/h1-5H,6H2. The van der Waals surface area contributed by atoms with Gasteiger partial charge in [-0.15, -0.1) is 0 Å². The second-order valence-corrected chi connectivity index (χ2v) is 4.56. The van der Waals surface area contributed by atoms with Crippen molar-refractivity contribution in [1.29, 1.82) is 0 Å². The molecule has 2 aromatic rings. The van der Waals surface area contributed by atoms with Crippen LogP contribution in [0.2, 0.25) is 5.02 Å². The van der Waals surface area contributed by atoms with Crippen LogP contribution in [-0.2, 0) is 6.61 Å². The number of rotatable bonds is 4. The van der Waals surface area contributed by atoms with E-state index in [-0.39, 0.29) is 18.0 Å². The first-order valence-corrected chi connectivity index (χ1v) is 6.04. The molecule has 0 aliphatic rings. The Morgan fingerprint density at radius 3 is 2.78 bits per heavy atom. The van der Waals surface area contributed by atoms with E-state index in [1.54, 1.807) is 12.1 Å². The summed E-state index contributed by atoms with van der Waals surface area (Å²) in [5.41, 5.74) is -0.0741. The molecule has 0 N–H and O–H groups in total. The highest BCUT2D eigenvalue weighted by molar-refractivity contribution is 9.10. The van der Waals surface area contributed by atoms with Crippen LogP contribution in [-0.4, -0.2) is 4.92 Å². The van der Waals surface area contributed by atoms with Gasteiger partial charge in [0.15, 0.2) is 4.67 Å². The van der Waals surface area contributed by atoms with E-state index >= 15 is 0 Å². The first kappa shape index (κ1) is 12.9. The van der Waals surface area contributed by atoms with Gasteiger partial charge < -0.3 is 9.15 Å². The Kier molecular flexibility index (Phi) is 3.88. The molecule has 0 aliphatic heterocycles. The van der Waals surface area contributed by atoms with Crippen molar-refractivity contribution >= 4 is 33.2 Å². The molecule has 1 heterocycles. The average Bonchev–Trinajstić information content (AvgIpc) is 2.74. The van der Waals surface area contributed by atoms with Gasteiger partial charge in [0.1, 0.15) is 18.1 Å². The molecular formula is C11H7BrClNO4. The van der Waals surface area contributed by atoms with Crippen molar-refractivity contribution in [2.24, 2.45) is 0 Å². The van der Waals surface area contributed by atoms with Crippen LogP contribution >= 0.6 is 27.5 Å². The van der Waals surface area contributed by atoms with Crippen molar-refractivity contribution in [3.63, 3.8) is 0 Å².